The highest BCUT2D eigenvalue weighted by Gasteiger charge is 2.10. The molecule has 0 aliphatic carbocycles. The van der Waals surface area contributed by atoms with Crippen molar-refractivity contribution in [3.8, 4) is 0 Å². The molecular formula is C16H19N3. The Morgan fingerprint density at radius 3 is 2.47 bits per heavy atom. The Hall–Kier alpha value is -2.29. The molecule has 0 bridgehead atoms. The van der Waals surface area contributed by atoms with Crippen LogP contribution < -0.4 is 10.6 Å². The lowest BCUT2D eigenvalue weighted by molar-refractivity contribution is 0.920. The molecule has 19 heavy (non-hydrogen) atoms. The third-order valence-corrected chi connectivity index (χ3v) is 3.12. The largest absolute Gasteiger partial charge is 0.384 e. The van der Waals surface area contributed by atoms with Crippen molar-refractivity contribution in [3.05, 3.63) is 65.2 Å². The normalized spacial score (nSPS) is 10.2. The Morgan fingerprint density at radius 2 is 1.84 bits per heavy atom. The Bertz CT molecular complexity index is 576. The molecule has 0 saturated heterocycles. The fourth-order valence-electron chi connectivity index (χ4n) is 2.13. The van der Waals surface area contributed by atoms with Gasteiger partial charge < -0.3 is 10.6 Å². The van der Waals surface area contributed by atoms with Crippen LogP contribution >= 0.6 is 0 Å². The summed E-state index contributed by atoms with van der Waals surface area (Å²) in [6.07, 6.45) is 0. The van der Waals surface area contributed by atoms with Crippen molar-refractivity contribution in [3.63, 3.8) is 0 Å². The maximum Gasteiger partial charge on any atom is 0.124 e. The highest BCUT2D eigenvalue weighted by Crippen LogP contribution is 2.22. The first-order valence-electron chi connectivity index (χ1n) is 6.28. The van der Waals surface area contributed by atoms with Crippen LogP contribution in [0.3, 0.4) is 0 Å². The van der Waals surface area contributed by atoms with Gasteiger partial charge in [0.2, 0.25) is 0 Å². The second kappa shape index (κ2) is 5.57. The third-order valence-electron chi connectivity index (χ3n) is 3.12. The lowest BCUT2D eigenvalue weighted by Gasteiger charge is -2.22. The van der Waals surface area contributed by atoms with Gasteiger partial charge in [0, 0.05) is 24.8 Å². The first-order chi connectivity index (χ1) is 9.08. The van der Waals surface area contributed by atoms with Gasteiger partial charge in [-0.25, -0.2) is 0 Å². The van der Waals surface area contributed by atoms with Crippen molar-refractivity contribution in [2.24, 2.45) is 5.73 Å². The molecule has 0 aliphatic heterocycles. The van der Waals surface area contributed by atoms with Crippen molar-refractivity contribution in [2.45, 2.75) is 13.5 Å². The van der Waals surface area contributed by atoms with Crippen LogP contribution in [0.15, 0.2) is 48.5 Å². The molecule has 0 saturated carbocycles. The second-order valence-electron chi connectivity index (χ2n) is 4.78. The number of amidine groups is 1. The molecule has 0 atom stereocenters. The topological polar surface area (TPSA) is 53.1 Å². The van der Waals surface area contributed by atoms with E-state index >= 15 is 0 Å². The van der Waals surface area contributed by atoms with Crippen molar-refractivity contribution in [2.75, 3.05) is 11.9 Å². The highest BCUT2D eigenvalue weighted by molar-refractivity contribution is 6.00. The summed E-state index contributed by atoms with van der Waals surface area (Å²) in [4.78, 5) is 2.12. The quantitative estimate of drug-likeness (QED) is 0.650. The molecule has 3 N–H and O–H groups in total. The lowest BCUT2D eigenvalue weighted by Crippen LogP contribution is -2.22. The summed E-state index contributed by atoms with van der Waals surface area (Å²) < 4.78 is 0. The van der Waals surface area contributed by atoms with E-state index in [2.05, 4.69) is 23.1 Å². The standard InChI is InChI=1S/C16H19N3/c1-12-8-9-14(16(17)18)15(10-12)19(2)11-13-6-4-3-5-7-13/h3-10H,11H2,1-2H3,(H3,17,18). The van der Waals surface area contributed by atoms with E-state index in [4.69, 9.17) is 11.1 Å². The minimum Gasteiger partial charge on any atom is -0.384 e. The summed E-state index contributed by atoms with van der Waals surface area (Å²) in [5.41, 5.74) is 9.83. The Morgan fingerprint density at radius 1 is 1.16 bits per heavy atom. The van der Waals surface area contributed by atoms with Gasteiger partial charge in [0.15, 0.2) is 0 Å². The van der Waals surface area contributed by atoms with Crippen LogP contribution in [-0.4, -0.2) is 12.9 Å². The average molecular weight is 253 g/mol. The fraction of sp³-hybridized carbons (Fsp3) is 0.188. The molecule has 2 aromatic rings. The monoisotopic (exact) mass is 253 g/mol. The molecule has 0 aromatic heterocycles. The van der Waals surface area contributed by atoms with Crippen molar-refractivity contribution in [1.82, 2.24) is 0 Å². The van der Waals surface area contributed by atoms with Crippen molar-refractivity contribution in [1.29, 1.82) is 5.41 Å². The molecule has 3 nitrogen and oxygen atoms in total. The molecular weight excluding hydrogens is 234 g/mol. The molecule has 0 aliphatic rings. The summed E-state index contributed by atoms with van der Waals surface area (Å²) in [7, 11) is 2.02. The van der Waals surface area contributed by atoms with Gasteiger partial charge in [-0.05, 0) is 30.2 Å². The van der Waals surface area contributed by atoms with Crippen molar-refractivity contribution < 1.29 is 0 Å². The number of nitrogen functional groups attached to an aromatic ring is 1. The maximum atomic E-state index is 7.67. The molecule has 0 unspecified atom stereocenters. The predicted molar refractivity (Wildman–Crippen MR) is 80.7 cm³/mol. The SMILES string of the molecule is Cc1ccc(C(=N)N)c(N(C)Cc2ccccc2)c1. The van der Waals surface area contributed by atoms with Gasteiger partial charge in [-0.3, -0.25) is 5.41 Å². The molecule has 0 heterocycles. The number of nitrogens with zero attached hydrogens (tertiary/aromatic N) is 1. The van der Waals surface area contributed by atoms with Gasteiger partial charge in [-0.15, -0.1) is 0 Å². The van der Waals surface area contributed by atoms with Crippen LogP contribution in [0.5, 0.6) is 0 Å². The van der Waals surface area contributed by atoms with E-state index in [0.29, 0.717) is 0 Å². The average Bonchev–Trinajstić information content (AvgIpc) is 2.39. The summed E-state index contributed by atoms with van der Waals surface area (Å²) in [6.45, 7) is 2.84. The first-order valence-corrected chi connectivity index (χ1v) is 6.28. The minimum atomic E-state index is 0.106. The number of aryl methyl sites for hydroxylation is 1. The van der Waals surface area contributed by atoms with Gasteiger partial charge in [0.25, 0.3) is 0 Å². The predicted octanol–water partition coefficient (Wildman–Crippen LogP) is 2.92. The number of hydrogen-bond acceptors (Lipinski definition) is 2. The van der Waals surface area contributed by atoms with E-state index < -0.39 is 0 Å². The number of nitrogens with one attached hydrogen (secondary N) is 1. The molecule has 2 aromatic carbocycles. The molecule has 98 valence electrons. The van der Waals surface area contributed by atoms with E-state index in [1.165, 1.54) is 11.1 Å². The van der Waals surface area contributed by atoms with Gasteiger partial charge in [0.1, 0.15) is 5.84 Å². The summed E-state index contributed by atoms with van der Waals surface area (Å²) >= 11 is 0. The first kappa shape index (κ1) is 13.1. The Balaban J connectivity index is 2.30. The lowest BCUT2D eigenvalue weighted by atomic mass is 10.1. The number of anilines is 1. The third kappa shape index (κ3) is 3.13. The zero-order chi connectivity index (χ0) is 13.8. The number of benzene rings is 2. The fourth-order valence-corrected chi connectivity index (χ4v) is 2.13. The molecule has 0 radical (unpaired) electrons. The van der Waals surface area contributed by atoms with Crippen molar-refractivity contribution >= 4 is 11.5 Å². The zero-order valence-corrected chi connectivity index (χ0v) is 11.4. The van der Waals surface area contributed by atoms with E-state index in [1.54, 1.807) is 0 Å². The Labute approximate surface area is 114 Å². The second-order valence-corrected chi connectivity index (χ2v) is 4.78. The van der Waals surface area contributed by atoms with E-state index in [0.717, 1.165) is 17.8 Å². The number of hydrogen-bond donors (Lipinski definition) is 2. The minimum absolute atomic E-state index is 0.106. The maximum absolute atomic E-state index is 7.67. The van der Waals surface area contributed by atoms with Crippen LogP contribution in [0.1, 0.15) is 16.7 Å². The van der Waals surface area contributed by atoms with Crippen LogP contribution in [0, 0.1) is 12.3 Å². The zero-order valence-electron chi connectivity index (χ0n) is 11.4. The van der Waals surface area contributed by atoms with Crippen LogP contribution in [0.2, 0.25) is 0 Å². The van der Waals surface area contributed by atoms with E-state index in [-0.39, 0.29) is 5.84 Å². The molecule has 3 heteroatoms. The molecule has 0 amide bonds. The molecule has 0 spiro atoms. The Kier molecular flexibility index (Phi) is 3.85. The van der Waals surface area contributed by atoms with Gasteiger partial charge in [-0.1, -0.05) is 36.4 Å². The van der Waals surface area contributed by atoms with Gasteiger partial charge in [-0.2, -0.15) is 0 Å². The number of rotatable bonds is 4. The van der Waals surface area contributed by atoms with E-state index in [1.807, 2.05) is 44.3 Å². The number of nitrogens with two attached hydrogens (primary N) is 1. The molecule has 0 fully saturated rings. The summed E-state index contributed by atoms with van der Waals surface area (Å²) in [5, 5.41) is 7.67. The smallest absolute Gasteiger partial charge is 0.124 e. The van der Waals surface area contributed by atoms with Gasteiger partial charge in [0.05, 0.1) is 0 Å². The summed E-state index contributed by atoms with van der Waals surface area (Å²) in [5.74, 6) is 0.106. The van der Waals surface area contributed by atoms with Crippen LogP contribution in [-0.2, 0) is 6.54 Å². The highest BCUT2D eigenvalue weighted by atomic mass is 15.1. The van der Waals surface area contributed by atoms with Crippen LogP contribution in [0.4, 0.5) is 5.69 Å². The summed E-state index contributed by atoms with van der Waals surface area (Å²) in [6, 6.07) is 16.2. The molecule has 2 rings (SSSR count). The van der Waals surface area contributed by atoms with Gasteiger partial charge >= 0.3 is 0 Å². The van der Waals surface area contributed by atoms with Crippen LogP contribution in [0.25, 0.3) is 0 Å². The van der Waals surface area contributed by atoms with E-state index in [9.17, 15) is 0 Å².